The molecule has 1 aromatic heterocycles. The molecule has 2 N–H and O–H groups in total. The summed E-state index contributed by atoms with van der Waals surface area (Å²) in [5.41, 5.74) is 0. The molecule has 0 bridgehead atoms. The minimum absolute atomic E-state index is 0.0316. The molecular formula is C8H13BrN4O. The minimum Gasteiger partial charge on any atom is -0.353 e. The first kappa shape index (κ1) is 11.2. The van der Waals surface area contributed by atoms with Crippen LogP contribution in [0.3, 0.4) is 0 Å². The van der Waals surface area contributed by atoms with Crippen molar-refractivity contribution in [1.82, 2.24) is 20.4 Å². The van der Waals surface area contributed by atoms with Crippen LogP contribution in [0.1, 0.15) is 0 Å². The third kappa shape index (κ3) is 3.89. The molecule has 1 heterocycles. The number of nitrogens with one attached hydrogen (secondary N) is 2. The molecule has 0 aliphatic rings. The van der Waals surface area contributed by atoms with Crippen LogP contribution in [0.25, 0.3) is 0 Å². The molecule has 0 atom stereocenters. The highest BCUT2D eigenvalue weighted by Gasteiger charge is 2.02. The average molecular weight is 261 g/mol. The lowest BCUT2D eigenvalue weighted by atomic mass is 10.5. The Hall–Kier alpha value is -0.880. The van der Waals surface area contributed by atoms with Crippen molar-refractivity contribution in [3.63, 3.8) is 0 Å². The molecular weight excluding hydrogens is 248 g/mol. The largest absolute Gasteiger partial charge is 0.353 e. The quantitative estimate of drug-likeness (QED) is 0.732. The molecule has 0 radical (unpaired) electrons. The lowest BCUT2D eigenvalue weighted by Gasteiger charge is -2.04. The zero-order valence-electron chi connectivity index (χ0n) is 7.96. The van der Waals surface area contributed by atoms with Gasteiger partial charge in [0.25, 0.3) is 0 Å². The lowest BCUT2D eigenvalue weighted by Crippen LogP contribution is -2.33. The van der Waals surface area contributed by atoms with Crippen LogP contribution in [0.5, 0.6) is 0 Å². The van der Waals surface area contributed by atoms with Crippen molar-refractivity contribution in [3.8, 4) is 0 Å². The lowest BCUT2D eigenvalue weighted by molar-refractivity contribution is -0.121. The monoisotopic (exact) mass is 260 g/mol. The highest BCUT2D eigenvalue weighted by atomic mass is 79.9. The van der Waals surface area contributed by atoms with Crippen LogP contribution >= 0.6 is 15.9 Å². The molecule has 0 fully saturated rings. The van der Waals surface area contributed by atoms with Crippen LogP contribution in [0.2, 0.25) is 0 Å². The number of amides is 1. The van der Waals surface area contributed by atoms with Crippen molar-refractivity contribution in [3.05, 3.63) is 16.9 Å². The molecule has 1 amide bonds. The van der Waals surface area contributed by atoms with Crippen LogP contribution in [0.4, 0.5) is 0 Å². The van der Waals surface area contributed by atoms with E-state index in [4.69, 9.17) is 0 Å². The summed E-state index contributed by atoms with van der Waals surface area (Å²) in [7, 11) is 1.84. The number of rotatable bonds is 5. The molecule has 0 aliphatic carbocycles. The summed E-state index contributed by atoms with van der Waals surface area (Å²) in [6.07, 6.45) is 3.42. The third-order valence-electron chi connectivity index (χ3n) is 1.60. The molecule has 5 nitrogen and oxygen atoms in total. The maximum atomic E-state index is 11.3. The summed E-state index contributed by atoms with van der Waals surface area (Å²) in [5, 5.41) is 9.69. The third-order valence-corrected chi connectivity index (χ3v) is 2.01. The normalized spacial score (nSPS) is 10.1. The molecule has 0 aliphatic heterocycles. The van der Waals surface area contributed by atoms with E-state index < -0.39 is 0 Å². The number of hydrogen-bond donors (Lipinski definition) is 2. The van der Waals surface area contributed by atoms with Crippen LogP contribution in [0, 0.1) is 0 Å². The fraction of sp³-hybridized carbons (Fsp3) is 0.500. The Morgan fingerprint density at radius 3 is 3.00 bits per heavy atom. The van der Waals surface area contributed by atoms with Gasteiger partial charge >= 0.3 is 0 Å². The van der Waals surface area contributed by atoms with Gasteiger partial charge in [-0.1, -0.05) is 0 Å². The van der Waals surface area contributed by atoms with E-state index in [0.29, 0.717) is 6.54 Å². The summed E-state index contributed by atoms with van der Waals surface area (Å²) in [5.74, 6) is -0.0316. The number of halogens is 1. The van der Waals surface area contributed by atoms with Gasteiger partial charge in [0.05, 0.1) is 10.7 Å². The van der Waals surface area contributed by atoms with Crippen LogP contribution in [0.15, 0.2) is 16.9 Å². The Labute approximate surface area is 91.0 Å². The first-order valence-electron chi connectivity index (χ1n) is 4.31. The summed E-state index contributed by atoms with van der Waals surface area (Å²) >= 11 is 3.26. The van der Waals surface area contributed by atoms with Crippen molar-refractivity contribution in [2.75, 3.05) is 20.1 Å². The molecule has 1 aromatic rings. The van der Waals surface area contributed by atoms with E-state index in [-0.39, 0.29) is 12.5 Å². The molecule has 0 spiro atoms. The van der Waals surface area contributed by atoms with Crippen LogP contribution in [-0.2, 0) is 11.3 Å². The summed E-state index contributed by atoms with van der Waals surface area (Å²) in [6, 6.07) is 0. The molecule has 0 unspecified atom stereocenters. The number of carbonyl (C=O) groups is 1. The number of likely N-dealkylation sites (N-methyl/N-ethyl adjacent to an activating group) is 1. The summed E-state index contributed by atoms with van der Waals surface area (Å²) < 4.78 is 2.46. The van der Waals surface area contributed by atoms with Crippen molar-refractivity contribution < 1.29 is 4.79 Å². The smallest absolute Gasteiger partial charge is 0.241 e. The molecule has 6 heteroatoms. The van der Waals surface area contributed by atoms with Crippen molar-refractivity contribution in [2.24, 2.45) is 0 Å². The Bertz CT molecular complexity index is 299. The Morgan fingerprint density at radius 1 is 1.64 bits per heavy atom. The number of hydrogen-bond acceptors (Lipinski definition) is 3. The van der Waals surface area contributed by atoms with E-state index in [0.717, 1.165) is 11.0 Å². The topological polar surface area (TPSA) is 58.9 Å². The maximum Gasteiger partial charge on any atom is 0.241 e. The van der Waals surface area contributed by atoms with Gasteiger partial charge in [0.1, 0.15) is 6.54 Å². The summed E-state index contributed by atoms with van der Waals surface area (Å²) in [6.45, 7) is 1.67. The average Bonchev–Trinajstić information content (AvgIpc) is 2.52. The second-order valence-electron chi connectivity index (χ2n) is 2.81. The van der Waals surface area contributed by atoms with Gasteiger partial charge < -0.3 is 10.6 Å². The van der Waals surface area contributed by atoms with Crippen molar-refractivity contribution >= 4 is 21.8 Å². The first-order valence-corrected chi connectivity index (χ1v) is 5.11. The SMILES string of the molecule is CNCCNC(=O)Cn1cc(Br)cn1. The number of carbonyl (C=O) groups excluding carboxylic acids is 1. The van der Waals surface area contributed by atoms with Gasteiger partial charge in [-0.25, -0.2) is 0 Å². The second-order valence-corrected chi connectivity index (χ2v) is 3.73. The van der Waals surface area contributed by atoms with Crippen LogP contribution in [-0.4, -0.2) is 35.8 Å². The van der Waals surface area contributed by atoms with E-state index in [9.17, 15) is 4.79 Å². The minimum atomic E-state index is -0.0316. The van der Waals surface area contributed by atoms with Crippen LogP contribution < -0.4 is 10.6 Å². The second kappa shape index (κ2) is 5.77. The van der Waals surface area contributed by atoms with Gasteiger partial charge in [-0.2, -0.15) is 5.10 Å². The predicted molar refractivity (Wildman–Crippen MR) is 56.9 cm³/mol. The Balaban J connectivity index is 2.27. The molecule has 0 saturated carbocycles. The molecule has 0 aromatic carbocycles. The molecule has 78 valence electrons. The van der Waals surface area contributed by atoms with Gasteiger partial charge in [0, 0.05) is 19.3 Å². The van der Waals surface area contributed by atoms with E-state index in [2.05, 4.69) is 31.7 Å². The fourth-order valence-electron chi connectivity index (χ4n) is 0.955. The van der Waals surface area contributed by atoms with Crippen molar-refractivity contribution in [2.45, 2.75) is 6.54 Å². The maximum absolute atomic E-state index is 11.3. The Kier molecular flexibility index (Phi) is 4.61. The standard InChI is InChI=1S/C8H13BrN4O/c1-10-2-3-11-8(14)6-13-5-7(9)4-12-13/h4-5,10H,2-3,6H2,1H3,(H,11,14). The highest BCUT2D eigenvalue weighted by molar-refractivity contribution is 9.10. The van der Waals surface area contributed by atoms with E-state index >= 15 is 0 Å². The van der Waals surface area contributed by atoms with Crippen molar-refractivity contribution in [1.29, 1.82) is 0 Å². The number of nitrogens with zero attached hydrogens (tertiary/aromatic N) is 2. The molecule has 1 rings (SSSR count). The molecule has 0 saturated heterocycles. The predicted octanol–water partition coefficient (Wildman–Crippen LogP) is -0.0188. The van der Waals surface area contributed by atoms with E-state index in [1.165, 1.54) is 0 Å². The zero-order valence-corrected chi connectivity index (χ0v) is 9.54. The van der Waals surface area contributed by atoms with Gasteiger partial charge in [-0.05, 0) is 23.0 Å². The van der Waals surface area contributed by atoms with E-state index in [1.54, 1.807) is 17.1 Å². The van der Waals surface area contributed by atoms with Gasteiger partial charge in [-0.15, -0.1) is 0 Å². The summed E-state index contributed by atoms with van der Waals surface area (Å²) in [4.78, 5) is 11.3. The number of aromatic nitrogens is 2. The Morgan fingerprint density at radius 2 is 2.43 bits per heavy atom. The highest BCUT2D eigenvalue weighted by Crippen LogP contribution is 2.05. The molecule has 14 heavy (non-hydrogen) atoms. The van der Waals surface area contributed by atoms with Gasteiger partial charge in [0.15, 0.2) is 0 Å². The van der Waals surface area contributed by atoms with E-state index in [1.807, 2.05) is 7.05 Å². The van der Waals surface area contributed by atoms with Gasteiger partial charge in [0.2, 0.25) is 5.91 Å². The fourth-order valence-corrected chi connectivity index (χ4v) is 1.28. The van der Waals surface area contributed by atoms with Gasteiger partial charge in [-0.3, -0.25) is 9.48 Å². The first-order chi connectivity index (χ1) is 6.72. The zero-order chi connectivity index (χ0) is 10.4.